The zero-order chi connectivity index (χ0) is 21.6. The Labute approximate surface area is 170 Å². The molecule has 0 amide bonds. The number of furan rings is 1. The number of hydrogen-bond donors (Lipinski definition) is 1. The van der Waals surface area contributed by atoms with Crippen molar-refractivity contribution in [1.29, 1.82) is 0 Å². The summed E-state index contributed by atoms with van der Waals surface area (Å²) in [4.78, 5) is 19.8. The number of fused-ring (bicyclic) bond motifs is 2. The van der Waals surface area contributed by atoms with E-state index in [-0.39, 0.29) is 34.4 Å². The van der Waals surface area contributed by atoms with E-state index in [2.05, 4.69) is 19.8 Å². The van der Waals surface area contributed by atoms with Crippen LogP contribution >= 0.6 is 0 Å². The fourth-order valence-corrected chi connectivity index (χ4v) is 4.13. The smallest absolute Gasteiger partial charge is 0.374 e. The van der Waals surface area contributed by atoms with Gasteiger partial charge in [0.1, 0.15) is 11.9 Å². The Morgan fingerprint density at radius 3 is 2.83 bits per heavy atom. The second-order valence-electron chi connectivity index (χ2n) is 6.39. The van der Waals surface area contributed by atoms with Crippen molar-refractivity contribution >= 4 is 38.4 Å². The Kier molecular flexibility index (Phi) is 4.57. The van der Waals surface area contributed by atoms with Gasteiger partial charge in [-0.2, -0.15) is 10.1 Å². The van der Waals surface area contributed by atoms with E-state index in [0.29, 0.717) is 16.5 Å². The SMILES string of the molecule is CCOC(=O)c1oc2ccc(S(=O)(=O)Nc3c(C)nc4ncnn4c3[O-])cc2c1C. The molecule has 30 heavy (non-hydrogen) atoms. The van der Waals surface area contributed by atoms with Crippen molar-refractivity contribution in [2.75, 3.05) is 11.3 Å². The van der Waals surface area contributed by atoms with Crippen LogP contribution in [0.5, 0.6) is 5.88 Å². The van der Waals surface area contributed by atoms with Crippen LogP contribution in [0.25, 0.3) is 16.7 Å². The average Bonchev–Trinajstić information content (AvgIpc) is 3.30. The standard InChI is InChI=1S/C18H17N5O6S/c1-4-28-17(25)15-9(2)12-7-11(5-6-13(12)29-15)30(26,27)22-14-10(3)21-18-19-8-20-23(18)16(14)24/h5-8,22,24H,4H2,1-3H3/p-1. The molecule has 0 unspecified atom stereocenters. The molecule has 0 atom stereocenters. The highest BCUT2D eigenvalue weighted by molar-refractivity contribution is 7.92. The Hall–Kier alpha value is -3.67. The van der Waals surface area contributed by atoms with Gasteiger partial charge in [0.15, 0.2) is 0 Å². The van der Waals surface area contributed by atoms with Crippen LogP contribution in [0.3, 0.4) is 0 Å². The van der Waals surface area contributed by atoms with Gasteiger partial charge in [-0.1, -0.05) is 0 Å². The summed E-state index contributed by atoms with van der Waals surface area (Å²) in [5, 5.41) is 16.7. The van der Waals surface area contributed by atoms with Gasteiger partial charge in [0.05, 0.1) is 22.9 Å². The topological polar surface area (TPSA) is 152 Å². The lowest BCUT2D eigenvalue weighted by atomic mass is 10.1. The first-order valence-corrected chi connectivity index (χ1v) is 10.3. The number of hydrogen-bond acceptors (Lipinski definition) is 9. The summed E-state index contributed by atoms with van der Waals surface area (Å²) in [5.74, 6) is -1.24. The van der Waals surface area contributed by atoms with Gasteiger partial charge in [0.2, 0.25) is 5.76 Å². The van der Waals surface area contributed by atoms with E-state index in [4.69, 9.17) is 9.15 Å². The third kappa shape index (κ3) is 3.10. The Balaban J connectivity index is 1.76. The van der Waals surface area contributed by atoms with E-state index in [1.807, 2.05) is 0 Å². The molecule has 0 spiro atoms. The van der Waals surface area contributed by atoms with Gasteiger partial charge < -0.3 is 14.3 Å². The van der Waals surface area contributed by atoms with Crippen LogP contribution in [0.1, 0.15) is 28.7 Å². The largest absolute Gasteiger partial charge is 0.857 e. The van der Waals surface area contributed by atoms with E-state index in [9.17, 15) is 18.3 Å². The molecular formula is C18H16N5O6S-. The lowest BCUT2D eigenvalue weighted by Crippen LogP contribution is -2.18. The van der Waals surface area contributed by atoms with Crippen LogP contribution in [0, 0.1) is 13.8 Å². The van der Waals surface area contributed by atoms with E-state index >= 15 is 0 Å². The molecule has 12 heteroatoms. The number of benzene rings is 1. The summed E-state index contributed by atoms with van der Waals surface area (Å²) < 4.78 is 39.5. The number of aromatic nitrogens is 4. The van der Waals surface area contributed by atoms with Crippen molar-refractivity contribution < 1.29 is 27.5 Å². The van der Waals surface area contributed by atoms with Crippen LogP contribution in [-0.4, -0.2) is 40.6 Å². The first-order valence-electron chi connectivity index (χ1n) is 8.83. The second kappa shape index (κ2) is 6.99. The van der Waals surface area contributed by atoms with Gasteiger partial charge in [-0.3, -0.25) is 4.72 Å². The molecule has 4 aromatic rings. The number of nitrogens with zero attached hydrogens (tertiary/aromatic N) is 4. The Morgan fingerprint density at radius 2 is 2.10 bits per heavy atom. The maximum absolute atomic E-state index is 12.9. The molecule has 0 aliphatic rings. The number of sulfonamides is 1. The summed E-state index contributed by atoms with van der Waals surface area (Å²) in [7, 11) is -4.15. The number of aryl methyl sites for hydroxylation is 2. The van der Waals surface area contributed by atoms with Crippen molar-refractivity contribution in [2.45, 2.75) is 25.7 Å². The Bertz CT molecular complexity index is 1410. The normalized spacial score (nSPS) is 11.8. The summed E-state index contributed by atoms with van der Waals surface area (Å²) >= 11 is 0. The molecule has 0 saturated heterocycles. The minimum absolute atomic E-state index is 0.00730. The van der Waals surface area contributed by atoms with Gasteiger partial charge in [-0.15, -0.1) is 0 Å². The number of anilines is 1. The molecule has 0 bridgehead atoms. The van der Waals surface area contributed by atoms with Gasteiger partial charge in [-0.25, -0.2) is 22.7 Å². The van der Waals surface area contributed by atoms with E-state index < -0.39 is 21.9 Å². The van der Waals surface area contributed by atoms with Gasteiger partial charge >= 0.3 is 5.97 Å². The molecule has 1 N–H and O–H groups in total. The predicted molar refractivity (Wildman–Crippen MR) is 103 cm³/mol. The average molecular weight is 430 g/mol. The molecule has 0 fully saturated rings. The zero-order valence-corrected chi connectivity index (χ0v) is 17.0. The third-order valence-electron chi connectivity index (χ3n) is 4.48. The van der Waals surface area contributed by atoms with Gasteiger partial charge in [0, 0.05) is 16.8 Å². The molecule has 156 valence electrons. The van der Waals surface area contributed by atoms with Crippen LogP contribution < -0.4 is 9.83 Å². The quantitative estimate of drug-likeness (QED) is 0.465. The number of esters is 1. The molecule has 3 heterocycles. The fraction of sp³-hybridized carbons (Fsp3) is 0.222. The van der Waals surface area contributed by atoms with E-state index in [1.54, 1.807) is 13.8 Å². The van der Waals surface area contributed by atoms with Gasteiger partial charge in [-0.05, 0) is 39.0 Å². The molecule has 11 nitrogen and oxygen atoms in total. The summed E-state index contributed by atoms with van der Waals surface area (Å²) in [6.07, 6.45) is 1.15. The minimum atomic E-state index is -4.15. The first kappa shape index (κ1) is 19.6. The monoisotopic (exact) mass is 430 g/mol. The van der Waals surface area contributed by atoms with Crippen LogP contribution in [0.4, 0.5) is 5.69 Å². The fourth-order valence-electron chi connectivity index (χ4n) is 2.99. The second-order valence-corrected chi connectivity index (χ2v) is 8.07. The molecule has 0 radical (unpaired) electrons. The highest BCUT2D eigenvalue weighted by atomic mass is 32.2. The molecule has 4 rings (SSSR count). The lowest BCUT2D eigenvalue weighted by molar-refractivity contribution is -0.276. The molecule has 1 aromatic carbocycles. The number of carbonyl (C=O) groups is 1. The maximum atomic E-state index is 12.9. The van der Waals surface area contributed by atoms with Crippen LogP contribution in [0.15, 0.2) is 33.8 Å². The van der Waals surface area contributed by atoms with E-state index in [0.717, 1.165) is 10.8 Å². The molecule has 0 aliphatic heterocycles. The van der Waals surface area contributed by atoms with Crippen molar-refractivity contribution in [2.24, 2.45) is 0 Å². The number of nitrogens with one attached hydrogen (secondary N) is 1. The summed E-state index contributed by atoms with van der Waals surface area (Å²) in [6.45, 7) is 4.97. The van der Waals surface area contributed by atoms with Crippen molar-refractivity contribution in [3.8, 4) is 5.88 Å². The minimum Gasteiger partial charge on any atom is -0.857 e. The molecule has 0 aliphatic carbocycles. The Morgan fingerprint density at radius 1 is 1.33 bits per heavy atom. The van der Waals surface area contributed by atoms with Gasteiger partial charge in [0.25, 0.3) is 15.8 Å². The molecule has 3 aromatic heterocycles. The number of carbonyl (C=O) groups excluding carboxylic acids is 1. The molecule has 0 saturated carbocycles. The van der Waals surface area contributed by atoms with Crippen LogP contribution in [0.2, 0.25) is 0 Å². The summed E-state index contributed by atoms with van der Waals surface area (Å²) in [6, 6.07) is 4.10. The predicted octanol–water partition coefficient (Wildman–Crippen LogP) is 1.54. The first-order chi connectivity index (χ1) is 14.2. The highest BCUT2D eigenvalue weighted by Crippen LogP contribution is 2.30. The van der Waals surface area contributed by atoms with E-state index in [1.165, 1.54) is 25.1 Å². The zero-order valence-electron chi connectivity index (χ0n) is 16.2. The van der Waals surface area contributed by atoms with Crippen LogP contribution in [-0.2, 0) is 14.8 Å². The maximum Gasteiger partial charge on any atom is 0.374 e. The van der Waals surface area contributed by atoms with Crippen molar-refractivity contribution in [3.05, 3.63) is 41.5 Å². The number of rotatable bonds is 5. The van der Waals surface area contributed by atoms with Crippen molar-refractivity contribution in [3.63, 3.8) is 0 Å². The summed E-state index contributed by atoms with van der Waals surface area (Å²) in [5.41, 5.74) is 0.714. The highest BCUT2D eigenvalue weighted by Gasteiger charge is 2.23. The number of ether oxygens (including phenoxy) is 1. The lowest BCUT2D eigenvalue weighted by Gasteiger charge is -2.18. The van der Waals surface area contributed by atoms with Crippen molar-refractivity contribution in [1.82, 2.24) is 19.6 Å². The third-order valence-corrected chi connectivity index (χ3v) is 5.83. The molecular weight excluding hydrogens is 414 g/mol.